The van der Waals surface area contributed by atoms with Crippen molar-refractivity contribution in [1.82, 2.24) is 0 Å². The third-order valence-electron chi connectivity index (χ3n) is 7.60. The van der Waals surface area contributed by atoms with Gasteiger partial charge < -0.3 is 4.74 Å². The number of ketones is 2. The van der Waals surface area contributed by atoms with Crippen molar-refractivity contribution in [2.24, 2.45) is 11.8 Å². The zero-order chi connectivity index (χ0) is 22.3. The highest BCUT2D eigenvalue weighted by atomic mass is 35.5. The quantitative estimate of drug-likeness (QED) is 0.406. The fourth-order valence-electron chi connectivity index (χ4n) is 6.11. The minimum absolute atomic E-state index is 0.0508. The molecule has 3 nitrogen and oxygen atoms in total. The molecule has 0 N–H and O–H groups in total. The van der Waals surface area contributed by atoms with Gasteiger partial charge in [0.2, 0.25) is 0 Å². The van der Waals surface area contributed by atoms with E-state index in [0.717, 1.165) is 18.4 Å². The monoisotopic (exact) mass is 460 g/mol. The Hall–Kier alpha value is -1.75. The van der Waals surface area contributed by atoms with Crippen molar-refractivity contribution in [2.45, 2.75) is 57.2 Å². The van der Waals surface area contributed by atoms with Crippen molar-refractivity contribution >= 4 is 34.8 Å². The van der Waals surface area contributed by atoms with Crippen LogP contribution in [0, 0.1) is 17.7 Å². The molecule has 1 saturated carbocycles. The van der Waals surface area contributed by atoms with E-state index in [-0.39, 0.29) is 21.6 Å². The molecule has 5 rings (SSSR count). The van der Waals surface area contributed by atoms with Crippen molar-refractivity contribution in [3.05, 3.63) is 57.3 Å². The van der Waals surface area contributed by atoms with E-state index in [4.69, 9.17) is 27.9 Å². The smallest absolute Gasteiger partial charge is 0.160 e. The first-order valence-electron chi connectivity index (χ1n) is 10.7. The number of carbonyl (C=O) groups excluding carboxylic acids is 2. The lowest BCUT2D eigenvalue weighted by Gasteiger charge is -2.28. The molecule has 0 radical (unpaired) electrons. The van der Waals surface area contributed by atoms with Gasteiger partial charge in [-0.3, -0.25) is 9.59 Å². The maximum Gasteiger partial charge on any atom is 0.160 e. The van der Waals surface area contributed by atoms with Gasteiger partial charge in [0.15, 0.2) is 17.4 Å². The van der Waals surface area contributed by atoms with Crippen LogP contribution in [0.1, 0.15) is 50.7 Å². The fourth-order valence-corrected chi connectivity index (χ4v) is 6.59. The number of hydrogen-bond acceptors (Lipinski definition) is 3. The lowest BCUT2D eigenvalue weighted by molar-refractivity contribution is -0.132. The molecule has 2 aromatic carbocycles. The molecule has 2 aromatic rings. The van der Waals surface area contributed by atoms with E-state index < -0.39 is 34.8 Å². The van der Waals surface area contributed by atoms with Crippen LogP contribution in [0.15, 0.2) is 30.3 Å². The van der Waals surface area contributed by atoms with Crippen LogP contribution < -0.4 is 0 Å². The van der Waals surface area contributed by atoms with Crippen molar-refractivity contribution < 1.29 is 18.7 Å². The van der Waals surface area contributed by atoms with Gasteiger partial charge in [-0.05, 0) is 61.9 Å². The summed E-state index contributed by atoms with van der Waals surface area (Å²) >= 11 is 12.1. The van der Waals surface area contributed by atoms with Gasteiger partial charge in [-0.2, -0.15) is 0 Å². The summed E-state index contributed by atoms with van der Waals surface area (Å²) in [6.07, 6.45) is 2.25. The van der Waals surface area contributed by atoms with Gasteiger partial charge in [0.05, 0.1) is 33.1 Å². The van der Waals surface area contributed by atoms with Crippen LogP contribution in [0.5, 0.6) is 0 Å². The lowest BCUT2D eigenvalue weighted by Crippen LogP contribution is -2.40. The Balaban J connectivity index is 1.63. The molecule has 0 aromatic heterocycles. The Morgan fingerprint density at radius 3 is 2.23 bits per heavy atom. The number of hydrogen-bond donors (Lipinski definition) is 0. The summed E-state index contributed by atoms with van der Waals surface area (Å²) in [7, 11) is 0. The van der Waals surface area contributed by atoms with Crippen LogP contribution in [0.4, 0.5) is 4.39 Å². The molecule has 3 fully saturated rings. The Kier molecular flexibility index (Phi) is 4.68. The number of carbonyl (C=O) groups is 2. The molecule has 3 aliphatic rings. The Bertz CT molecular complexity index is 1110. The summed E-state index contributed by atoms with van der Waals surface area (Å²) in [6.45, 7) is 5.92. The van der Waals surface area contributed by atoms with Crippen LogP contribution in [0.2, 0.25) is 10.0 Å². The molecular formula is C25H23Cl2FO3. The van der Waals surface area contributed by atoms with Crippen LogP contribution in [0.3, 0.4) is 0 Å². The van der Waals surface area contributed by atoms with Gasteiger partial charge in [-0.25, -0.2) is 4.39 Å². The third-order valence-corrected chi connectivity index (χ3v) is 8.26. The van der Waals surface area contributed by atoms with Crippen molar-refractivity contribution in [3.8, 4) is 11.1 Å². The summed E-state index contributed by atoms with van der Waals surface area (Å²) in [6, 6.07) is 8.68. The molecule has 1 aliphatic carbocycles. The summed E-state index contributed by atoms with van der Waals surface area (Å²) in [5.41, 5.74) is 1.61. The third kappa shape index (κ3) is 2.81. The maximum absolute atomic E-state index is 14.3. The van der Waals surface area contributed by atoms with Crippen LogP contribution >= 0.6 is 23.2 Å². The SMILES string of the molecule is CCc1ccc(-c2ccc(Cl)c(F)c2Cl)cc1C1C(=O)[C@@H]2[C@H](C1=O)[C@@]1(C)CC[C@]2(C)O1. The largest absolute Gasteiger partial charge is 0.368 e. The number of ether oxygens (including phenoxy) is 1. The average Bonchev–Trinajstić information content (AvgIpc) is 3.29. The lowest BCUT2D eigenvalue weighted by atomic mass is 9.69. The Morgan fingerprint density at radius 1 is 1.03 bits per heavy atom. The van der Waals surface area contributed by atoms with Crippen molar-refractivity contribution in [2.75, 3.05) is 0 Å². The van der Waals surface area contributed by atoms with E-state index in [1.807, 2.05) is 39.0 Å². The van der Waals surface area contributed by atoms with E-state index in [1.54, 1.807) is 6.07 Å². The second kappa shape index (κ2) is 6.87. The van der Waals surface area contributed by atoms with Crippen molar-refractivity contribution in [3.63, 3.8) is 0 Å². The zero-order valence-electron chi connectivity index (χ0n) is 17.6. The van der Waals surface area contributed by atoms with E-state index in [1.165, 1.54) is 6.07 Å². The van der Waals surface area contributed by atoms with E-state index in [9.17, 15) is 14.0 Å². The average molecular weight is 461 g/mol. The van der Waals surface area contributed by atoms with Crippen molar-refractivity contribution in [1.29, 1.82) is 0 Å². The summed E-state index contributed by atoms with van der Waals surface area (Å²) < 4.78 is 20.5. The molecule has 0 spiro atoms. The molecule has 2 aliphatic heterocycles. The van der Waals surface area contributed by atoms with Gasteiger partial charge >= 0.3 is 0 Å². The first kappa shape index (κ1) is 21.1. The van der Waals surface area contributed by atoms with Gasteiger partial charge in [0.1, 0.15) is 5.92 Å². The Morgan fingerprint density at radius 2 is 1.65 bits per heavy atom. The highest BCUT2D eigenvalue weighted by Gasteiger charge is 2.72. The molecule has 31 heavy (non-hydrogen) atoms. The number of Topliss-reactive ketones (excluding diaryl/α,β-unsaturated/α-hetero) is 2. The molecule has 0 amide bonds. The van der Waals surface area contributed by atoms with E-state index in [0.29, 0.717) is 23.1 Å². The predicted molar refractivity (Wildman–Crippen MR) is 118 cm³/mol. The predicted octanol–water partition coefficient (Wildman–Crippen LogP) is 6.17. The van der Waals surface area contributed by atoms with Gasteiger partial charge in [-0.15, -0.1) is 0 Å². The van der Waals surface area contributed by atoms with Gasteiger partial charge in [0.25, 0.3) is 0 Å². The number of aryl methyl sites for hydroxylation is 1. The first-order chi connectivity index (χ1) is 14.6. The zero-order valence-corrected chi connectivity index (χ0v) is 19.1. The molecule has 6 heteroatoms. The summed E-state index contributed by atoms with van der Waals surface area (Å²) in [5, 5.41) is -0.125. The van der Waals surface area contributed by atoms with Gasteiger partial charge in [-0.1, -0.05) is 48.3 Å². The minimum Gasteiger partial charge on any atom is -0.368 e. The molecular weight excluding hydrogens is 438 g/mol. The Labute approximate surface area is 190 Å². The van der Waals surface area contributed by atoms with E-state index in [2.05, 4.69) is 0 Å². The molecule has 2 bridgehead atoms. The van der Waals surface area contributed by atoms with E-state index >= 15 is 0 Å². The highest BCUT2D eigenvalue weighted by Crippen LogP contribution is 2.63. The molecule has 162 valence electrons. The topological polar surface area (TPSA) is 43.4 Å². The normalized spacial score (nSPS) is 33.9. The molecule has 1 unspecified atom stereocenters. The number of rotatable bonds is 3. The molecule has 2 saturated heterocycles. The van der Waals surface area contributed by atoms with Crippen LogP contribution in [0.25, 0.3) is 11.1 Å². The second-order valence-corrected chi connectivity index (χ2v) is 10.2. The number of benzene rings is 2. The summed E-state index contributed by atoms with van der Waals surface area (Å²) in [4.78, 5) is 27.2. The van der Waals surface area contributed by atoms with Crippen LogP contribution in [-0.4, -0.2) is 22.8 Å². The number of halogens is 3. The minimum atomic E-state index is -0.818. The standard InChI is InChI=1S/C25H23Cl2FO3/c1-4-12-5-6-13(14-7-8-16(26)21(28)20(14)27)11-15(12)17-22(29)18-19(23(17)30)25(3)10-9-24(18,2)31-25/h5-8,11,17-19H,4,9-10H2,1-3H3/t17?,18-,19+,24-,25+. The van der Waals surface area contributed by atoms with Gasteiger partial charge in [0, 0.05) is 5.56 Å². The van der Waals surface area contributed by atoms with Crippen LogP contribution in [-0.2, 0) is 20.7 Å². The number of fused-ring (bicyclic) bond motifs is 5. The first-order valence-corrected chi connectivity index (χ1v) is 11.4. The molecule has 2 heterocycles. The highest BCUT2D eigenvalue weighted by molar-refractivity contribution is 6.36. The second-order valence-electron chi connectivity index (χ2n) is 9.41. The maximum atomic E-state index is 14.3. The summed E-state index contributed by atoms with van der Waals surface area (Å²) in [5.74, 6) is -2.43. The molecule has 5 atom stereocenters. The fraction of sp³-hybridized carbons (Fsp3) is 0.440.